The van der Waals surface area contributed by atoms with Gasteiger partial charge in [0.2, 0.25) is 5.91 Å². The second-order valence-electron chi connectivity index (χ2n) is 4.63. The van der Waals surface area contributed by atoms with Crippen LogP contribution in [0, 0.1) is 0 Å². The van der Waals surface area contributed by atoms with Crippen LogP contribution in [0.1, 0.15) is 21.7 Å². The predicted octanol–water partition coefficient (Wildman–Crippen LogP) is 3.67. The van der Waals surface area contributed by atoms with E-state index in [1.165, 1.54) is 11.3 Å². The van der Waals surface area contributed by atoms with Gasteiger partial charge in [-0.25, -0.2) is 0 Å². The number of aryl methyl sites for hydroxylation is 1. The average Bonchev–Trinajstić information content (AvgIpc) is 2.88. The first-order chi connectivity index (χ1) is 9.66. The molecular weight excluding hydrogens is 338 g/mol. The van der Waals surface area contributed by atoms with E-state index >= 15 is 0 Å². The van der Waals surface area contributed by atoms with E-state index in [1.54, 1.807) is 4.90 Å². The number of fused-ring (bicyclic) bond motifs is 1. The third-order valence-corrected chi connectivity index (χ3v) is 5.24. The van der Waals surface area contributed by atoms with Gasteiger partial charge in [-0.05, 0) is 45.4 Å². The molecule has 2 heterocycles. The van der Waals surface area contributed by atoms with Gasteiger partial charge in [0, 0.05) is 16.6 Å². The Kier molecular flexibility index (Phi) is 3.72. The summed E-state index contributed by atoms with van der Waals surface area (Å²) in [6, 6.07) is 9.63. The summed E-state index contributed by atoms with van der Waals surface area (Å²) in [5.41, 5.74) is 2.00. The Balaban J connectivity index is 1.89. The summed E-state index contributed by atoms with van der Waals surface area (Å²) in [5.74, 6) is -0.0124. The van der Waals surface area contributed by atoms with Crippen LogP contribution in [-0.2, 0) is 11.2 Å². The number of rotatable bonds is 3. The minimum atomic E-state index is -0.0306. The SMILES string of the molecule is O=C(CN1C(=O)CCc2ccccc21)c1sccc1Br. The van der Waals surface area contributed by atoms with Crippen LogP contribution in [-0.4, -0.2) is 18.2 Å². The van der Waals surface area contributed by atoms with Gasteiger partial charge in [0.25, 0.3) is 0 Å². The fraction of sp³-hybridized carbons (Fsp3) is 0.200. The van der Waals surface area contributed by atoms with Gasteiger partial charge < -0.3 is 4.90 Å². The highest BCUT2D eigenvalue weighted by atomic mass is 79.9. The lowest BCUT2D eigenvalue weighted by molar-refractivity contribution is -0.118. The summed E-state index contributed by atoms with van der Waals surface area (Å²) in [4.78, 5) is 26.7. The molecule has 0 unspecified atom stereocenters. The Morgan fingerprint density at radius 2 is 2.05 bits per heavy atom. The molecule has 0 spiro atoms. The lowest BCUT2D eigenvalue weighted by Crippen LogP contribution is -2.38. The van der Waals surface area contributed by atoms with Gasteiger partial charge in [-0.1, -0.05) is 18.2 Å². The van der Waals surface area contributed by atoms with Crippen molar-refractivity contribution < 1.29 is 9.59 Å². The van der Waals surface area contributed by atoms with Crippen molar-refractivity contribution in [2.75, 3.05) is 11.4 Å². The number of hydrogen-bond acceptors (Lipinski definition) is 3. The minimum absolute atomic E-state index is 0.0183. The second kappa shape index (κ2) is 5.50. The Labute approximate surface area is 129 Å². The summed E-state index contributed by atoms with van der Waals surface area (Å²) < 4.78 is 0.797. The second-order valence-corrected chi connectivity index (χ2v) is 6.40. The van der Waals surface area contributed by atoms with Crippen molar-refractivity contribution in [2.24, 2.45) is 0 Å². The van der Waals surface area contributed by atoms with Crippen LogP contribution >= 0.6 is 27.3 Å². The number of Topliss-reactive ketones (excluding diaryl/α,β-unsaturated/α-hetero) is 1. The normalized spacial score (nSPS) is 14.2. The first kappa shape index (κ1) is 13.5. The Bertz CT molecular complexity index is 680. The topological polar surface area (TPSA) is 37.4 Å². The molecule has 0 N–H and O–H groups in total. The lowest BCUT2D eigenvalue weighted by Gasteiger charge is -2.28. The van der Waals surface area contributed by atoms with Crippen molar-refractivity contribution >= 4 is 44.6 Å². The number of hydrogen-bond donors (Lipinski definition) is 0. The highest BCUT2D eigenvalue weighted by Crippen LogP contribution is 2.29. The molecule has 0 saturated heterocycles. The quantitative estimate of drug-likeness (QED) is 0.792. The molecule has 3 rings (SSSR count). The lowest BCUT2D eigenvalue weighted by atomic mass is 10.0. The maximum atomic E-state index is 12.3. The largest absolute Gasteiger partial charge is 0.304 e. The number of benzene rings is 1. The van der Waals surface area contributed by atoms with Crippen molar-refractivity contribution in [2.45, 2.75) is 12.8 Å². The Hall–Kier alpha value is -1.46. The van der Waals surface area contributed by atoms with E-state index in [4.69, 9.17) is 0 Å². The van der Waals surface area contributed by atoms with Gasteiger partial charge >= 0.3 is 0 Å². The van der Waals surface area contributed by atoms with Crippen LogP contribution in [0.15, 0.2) is 40.2 Å². The molecule has 0 atom stereocenters. The zero-order chi connectivity index (χ0) is 14.1. The van der Waals surface area contributed by atoms with E-state index in [2.05, 4.69) is 15.9 Å². The van der Waals surface area contributed by atoms with E-state index in [9.17, 15) is 9.59 Å². The van der Waals surface area contributed by atoms with Gasteiger partial charge in [-0.15, -0.1) is 11.3 Å². The number of carbonyl (C=O) groups is 2. The van der Waals surface area contributed by atoms with E-state index in [0.717, 1.165) is 22.1 Å². The van der Waals surface area contributed by atoms with Crippen molar-refractivity contribution in [3.8, 4) is 0 Å². The molecule has 0 bridgehead atoms. The number of nitrogens with zero attached hydrogens (tertiary/aromatic N) is 1. The van der Waals surface area contributed by atoms with Crippen LogP contribution in [0.25, 0.3) is 0 Å². The van der Waals surface area contributed by atoms with Gasteiger partial charge in [0.1, 0.15) is 0 Å². The number of anilines is 1. The van der Waals surface area contributed by atoms with Gasteiger partial charge in [0.15, 0.2) is 5.78 Å². The van der Waals surface area contributed by atoms with E-state index in [1.807, 2.05) is 35.7 Å². The zero-order valence-electron chi connectivity index (χ0n) is 10.6. The van der Waals surface area contributed by atoms with Crippen molar-refractivity contribution in [3.05, 3.63) is 50.6 Å². The fourth-order valence-corrected chi connectivity index (χ4v) is 3.90. The first-order valence-corrected chi connectivity index (χ1v) is 7.98. The number of halogens is 1. The molecule has 0 aliphatic carbocycles. The van der Waals surface area contributed by atoms with Gasteiger partial charge in [0.05, 0.1) is 11.4 Å². The number of thiophene rings is 1. The maximum absolute atomic E-state index is 12.3. The molecule has 1 aromatic carbocycles. The third-order valence-electron chi connectivity index (χ3n) is 3.36. The summed E-state index contributed by atoms with van der Waals surface area (Å²) in [6.45, 7) is 0.106. The molecule has 20 heavy (non-hydrogen) atoms. The van der Waals surface area contributed by atoms with Crippen LogP contribution in [0.3, 0.4) is 0 Å². The van der Waals surface area contributed by atoms with Crippen molar-refractivity contribution in [3.63, 3.8) is 0 Å². The molecule has 0 saturated carbocycles. The van der Waals surface area contributed by atoms with Crippen molar-refractivity contribution in [1.82, 2.24) is 0 Å². The number of para-hydroxylation sites is 1. The third kappa shape index (κ3) is 2.43. The average molecular weight is 350 g/mol. The van der Waals surface area contributed by atoms with Crippen LogP contribution in [0.4, 0.5) is 5.69 Å². The number of carbonyl (C=O) groups excluding carboxylic acids is 2. The number of ketones is 1. The standard InChI is InChI=1S/C15H12BrNO2S/c16-11-7-8-20-15(11)13(18)9-17-12-4-2-1-3-10(12)5-6-14(17)19/h1-4,7-8H,5-6,9H2. The van der Waals surface area contributed by atoms with Gasteiger partial charge in [-0.3, -0.25) is 9.59 Å². The monoisotopic (exact) mass is 349 g/mol. The molecule has 5 heteroatoms. The van der Waals surface area contributed by atoms with Crippen molar-refractivity contribution in [1.29, 1.82) is 0 Å². The van der Waals surface area contributed by atoms with Gasteiger partial charge in [-0.2, -0.15) is 0 Å². The van der Waals surface area contributed by atoms with Crippen LogP contribution in [0.5, 0.6) is 0 Å². The molecule has 0 fully saturated rings. The summed E-state index contributed by atoms with van der Waals surface area (Å²) in [6.07, 6.45) is 1.22. The predicted molar refractivity (Wildman–Crippen MR) is 83.5 cm³/mol. The molecule has 0 radical (unpaired) electrons. The Morgan fingerprint density at radius 3 is 2.80 bits per heavy atom. The minimum Gasteiger partial charge on any atom is -0.304 e. The molecule has 3 nitrogen and oxygen atoms in total. The molecule has 102 valence electrons. The van der Waals surface area contributed by atoms with Crippen LogP contribution < -0.4 is 4.90 Å². The highest BCUT2D eigenvalue weighted by Gasteiger charge is 2.26. The molecule has 1 aromatic heterocycles. The molecular formula is C15H12BrNO2S. The van der Waals surface area contributed by atoms with E-state index in [0.29, 0.717) is 11.3 Å². The summed E-state index contributed by atoms with van der Waals surface area (Å²) >= 11 is 4.76. The maximum Gasteiger partial charge on any atom is 0.227 e. The van der Waals surface area contributed by atoms with E-state index in [-0.39, 0.29) is 18.2 Å². The number of amides is 1. The van der Waals surface area contributed by atoms with Crippen LogP contribution in [0.2, 0.25) is 0 Å². The summed E-state index contributed by atoms with van der Waals surface area (Å²) in [7, 11) is 0. The molecule has 1 aliphatic rings. The first-order valence-electron chi connectivity index (χ1n) is 6.31. The zero-order valence-corrected chi connectivity index (χ0v) is 13.0. The smallest absolute Gasteiger partial charge is 0.227 e. The highest BCUT2D eigenvalue weighted by molar-refractivity contribution is 9.10. The fourth-order valence-electron chi connectivity index (χ4n) is 2.38. The molecule has 1 aliphatic heterocycles. The molecule has 2 aromatic rings. The summed E-state index contributed by atoms with van der Waals surface area (Å²) in [5, 5.41) is 1.86. The van der Waals surface area contributed by atoms with E-state index < -0.39 is 0 Å². The Morgan fingerprint density at radius 1 is 1.25 bits per heavy atom. The molecule has 1 amide bonds.